The maximum atomic E-state index is 13.3. The zero-order valence-electron chi connectivity index (χ0n) is 26.1. The van der Waals surface area contributed by atoms with Gasteiger partial charge >= 0.3 is 0 Å². The van der Waals surface area contributed by atoms with Crippen LogP contribution in [-0.2, 0) is 25.1 Å². The second kappa shape index (κ2) is 14.8. The maximum Gasteiger partial charge on any atom is 0.253 e. The molecule has 2 heterocycles. The fourth-order valence-corrected chi connectivity index (χ4v) is 6.31. The summed E-state index contributed by atoms with van der Waals surface area (Å²) in [7, 11) is 8.34. The third-order valence-corrected chi connectivity index (χ3v) is 8.89. The molecule has 45 heavy (non-hydrogen) atoms. The van der Waals surface area contributed by atoms with E-state index < -0.39 is 0 Å². The summed E-state index contributed by atoms with van der Waals surface area (Å²) in [6, 6.07) is 19.4. The van der Waals surface area contributed by atoms with Crippen LogP contribution >= 0.6 is 23.4 Å². The molecular weight excluding hydrogens is 612 g/mol. The third-order valence-electron chi connectivity index (χ3n) is 7.78. The van der Waals surface area contributed by atoms with Crippen molar-refractivity contribution in [2.24, 2.45) is 0 Å². The lowest BCUT2D eigenvalue weighted by Gasteiger charge is -2.30. The van der Waals surface area contributed by atoms with Gasteiger partial charge in [-0.2, -0.15) is 0 Å². The first-order valence-electron chi connectivity index (χ1n) is 14.5. The van der Waals surface area contributed by atoms with Crippen LogP contribution in [0.25, 0.3) is 0 Å². The molecule has 1 aliphatic rings. The Morgan fingerprint density at radius 3 is 2.31 bits per heavy atom. The highest BCUT2D eigenvalue weighted by molar-refractivity contribution is 7.98. The Balaban J connectivity index is 1.21. The predicted molar refractivity (Wildman–Crippen MR) is 178 cm³/mol. The van der Waals surface area contributed by atoms with E-state index in [9.17, 15) is 4.79 Å². The van der Waals surface area contributed by atoms with Crippen LogP contribution in [0.3, 0.4) is 0 Å². The van der Waals surface area contributed by atoms with Crippen molar-refractivity contribution in [3.8, 4) is 23.0 Å². The van der Waals surface area contributed by atoms with Gasteiger partial charge in [-0.1, -0.05) is 41.6 Å². The molecule has 11 heteroatoms. The third kappa shape index (κ3) is 7.75. The number of rotatable bonds is 12. The number of thioether (sulfide) groups is 1. The molecule has 0 saturated heterocycles. The van der Waals surface area contributed by atoms with Crippen molar-refractivity contribution in [3.63, 3.8) is 0 Å². The molecule has 5 rings (SSSR count). The Kier molecular flexibility index (Phi) is 10.6. The highest BCUT2D eigenvalue weighted by Crippen LogP contribution is 2.35. The largest absolute Gasteiger partial charge is 0.493 e. The van der Waals surface area contributed by atoms with Crippen molar-refractivity contribution in [2.45, 2.75) is 30.3 Å². The highest BCUT2D eigenvalue weighted by atomic mass is 35.5. The molecule has 4 aromatic rings. The van der Waals surface area contributed by atoms with Crippen molar-refractivity contribution in [1.82, 2.24) is 14.9 Å². The van der Waals surface area contributed by atoms with E-state index in [1.165, 1.54) is 17.3 Å². The van der Waals surface area contributed by atoms with Crippen LogP contribution in [0.1, 0.15) is 32.6 Å². The number of hydrogen-bond donors (Lipinski definition) is 0. The van der Waals surface area contributed by atoms with E-state index in [-0.39, 0.29) is 5.91 Å². The topological polar surface area (TPSA) is 86.3 Å². The molecule has 1 aliphatic heterocycles. The van der Waals surface area contributed by atoms with E-state index in [0.29, 0.717) is 58.4 Å². The molecule has 0 bridgehead atoms. The average Bonchev–Trinajstić information content (AvgIpc) is 3.08. The van der Waals surface area contributed by atoms with E-state index >= 15 is 0 Å². The van der Waals surface area contributed by atoms with Crippen molar-refractivity contribution >= 4 is 35.1 Å². The number of methoxy groups -OCH3 is 4. The number of anilines is 1. The maximum absolute atomic E-state index is 13.3. The van der Waals surface area contributed by atoms with E-state index in [1.54, 1.807) is 39.4 Å². The van der Waals surface area contributed by atoms with Crippen LogP contribution in [0.4, 0.5) is 5.82 Å². The second-order valence-electron chi connectivity index (χ2n) is 10.6. The Bertz CT molecular complexity index is 1670. The molecular formula is C34H37ClN4O5S. The number of benzene rings is 3. The Morgan fingerprint density at radius 1 is 0.867 bits per heavy atom. The number of nitrogens with zero attached hydrogens (tertiary/aromatic N) is 4. The molecule has 9 nitrogen and oxygen atoms in total. The lowest BCUT2D eigenvalue weighted by atomic mass is 9.99. The number of amides is 1. The molecule has 3 aromatic carbocycles. The molecule has 0 radical (unpaired) electrons. The number of carbonyl (C=O) groups excluding carboxylic acids is 1. The Labute approximate surface area is 273 Å². The summed E-state index contributed by atoms with van der Waals surface area (Å²) in [6.07, 6.45) is 1.54. The molecule has 0 atom stereocenters. The first-order chi connectivity index (χ1) is 21.8. The Hall–Kier alpha value is -4.15. The van der Waals surface area contributed by atoms with Gasteiger partial charge in [-0.25, -0.2) is 9.97 Å². The first kappa shape index (κ1) is 32.2. The van der Waals surface area contributed by atoms with E-state index in [0.717, 1.165) is 41.2 Å². The zero-order chi connectivity index (χ0) is 31.9. The summed E-state index contributed by atoms with van der Waals surface area (Å²) in [5.41, 5.74) is 5.09. The van der Waals surface area contributed by atoms with Crippen molar-refractivity contribution in [2.75, 3.05) is 53.5 Å². The fraction of sp³-hybridized carbons (Fsp3) is 0.324. The quantitative estimate of drug-likeness (QED) is 0.0993. The van der Waals surface area contributed by atoms with Crippen LogP contribution in [0, 0.1) is 0 Å². The molecule has 0 N–H and O–H groups in total. The molecule has 0 saturated carbocycles. The van der Waals surface area contributed by atoms with E-state index in [1.807, 2.05) is 55.6 Å². The lowest BCUT2D eigenvalue weighted by Crippen LogP contribution is -2.31. The number of carbonyl (C=O) groups is 1. The van der Waals surface area contributed by atoms with Crippen LogP contribution < -0.4 is 23.8 Å². The number of aromatic nitrogens is 2. The van der Waals surface area contributed by atoms with Gasteiger partial charge in [0, 0.05) is 44.1 Å². The molecule has 1 aromatic heterocycles. The smallest absolute Gasteiger partial charge is 0.253 e. The van der Waals surface area contributed by atoms with Gasteiger partial charge in [-0.3, -0.25) is 4.79 Å². The minimum atomic E-state index is -0.0387. The summed E-state index contributed by atoms with van der Waals surface area (Å²) in [6.45, 7) is 2.04. The molecule has 0 aliphatic carbocycles. The highest BCUT2D eigenvalue weighted by Gasteiger charge is 2.22. The van der Waals surface area contributed by atoms with Crippen LogP contribution in [0.2, 0.25) is 5.15 Å². The van der Waals surface area contributed by atoms with Gasteiger partial charge in [0.1, 0.15) is 11.0 Å². The predicted octanol–water partition coefficient (Wildman–Crippen LogP) is 6.33. The zero-order valence-corrected chi connectivity index (χ0v) is 27.7. The molecule has 1 amide bonds. The number of hydrogen-bond acceptors (Lipinski definition) is 9. The number of ether oxygens (including phenoxy) is 4. The number of fused-ring (bicyclic) bond motifs is 1. The fourth-order valence-electron chi connectivity index (χ4n) is 5.29. The first-order valence-corrected chi connectivity index (χ1v) is 15.9. The summed E-state index contributed by atoms with van der Waals surface area (Å²) in [4.78, 5) is 26.5. The number of likely N-dealkylation sites (N-methyl/N-ethyl adjacent to an activating group) is 1. The second-order valence-corrected chi connectivity index (χ2v) is 12.0. The Morgan fingerprint density at radius 2 is 1.58 bits per heavy atom. The number of halogens is 1. The van der Waals surface area contributed by atoms with Crippen molar-refractivity contribution in [1.29, 1.82) is 0 Å². The van der Waals surface area contributed by atoms with Gasteiger partial charge in [0.05, 0.1) is 28.4 Å². The van der Waals surface area contributed by atoms with Gasteiger partial charge in [0.15, 0.2) is 28.2 Å². The average molecular weight is 649 g/mol. The summed E-state index contributed by atoms with van der Waals surface area (Å²) < 4.78 is 21.7. The van der Waals surface area contributed by atoms with Crippen LogP contribution in [-0.4, -0.2) is 69.4 Å². The molecule has 236 valence electrons. The van der Waals surface area contributed by atoms with Crippen LogP contribution in [0.15, 0.2) is 65.8 Å². The van der Waals surface area contributed by atoms with Gasteiger partial charge in [-0.05, 0) is 71.5 Å². The molecule has 0 unspecified atom stereocenters. The SMILES string of the molecule is COc1ccc(CCN(C)C(=O)c2cccc(CSc3nc(Cl)cc(N4CCc5cc(OC)c(OC)cc5C4)n3)c2)cc1OC. The van der Waals surface area contributed by atoms with Gasteiger partial charge in [0.25, 0.3) is 5.91 Å². The normalized spacial score (nSPS) is 12.4. The van der Waals surface area contributed by atoms with E-state index in [2.05, 4.69) is 16.0 Å². The summed E-state index contributed by atoms with van der Waals surface area (Å²) in [5, 5.41) is 0.972. The van der Waals surface area contributed by atoms with Crippen LogP contribution in [0.5, 0.6) is 23.0 Å². The minimum absolute atomic E-state index is 0.0387. The summed E-state index contributed by atoms with van der Waals surface area (Å²) >= 11 is 7.94. The summed E-state index contributed by atoms with van der Waals surface area (Å²) in [5.74, 6) is 4.13. The molecule has 0 spiro atoms. The standard InChI is InChI=1S/C34H37ClN4O5S/c1-38(13-11-22-9-10-27(41-2)28(16-22)42-3)33(40)25-8-6-7-23(15-25)21-45-34-36-31(35)19-32(37-34)39-14-12-24-17-29(43-4)30(44-5)18-26(24)20-39/h6-10,15-19H,11-14,20-21H2,1-5H3. The molecule has 0 fully saturated rings. The van der Waals surface area contributed by atoms with Crippen molar-refractivity contribution in [3.05, 3.63) is 93.6 Å². The van der Waals surface area contributed by atoms with Gasteiger partial charge in [-0.15, -0.1) is 0 Å². The van der Waals surface area contributed by atoms with Crippen molar-refractivity contribution < 1.29 is 23.7 Å². The van der Waals surface area contributed by atoms with Gasteiger partial charge < -0.3 is 28.7 Å². The van der Waals surface area contributed by atoms with Gasteiger partial charge in [0.2, 0.25) is 0 Å². The monoisotopic (exact) mass is 648 g/mol. The minimum Gasteiger partial charge on any atom is -0.493 e. The van der Waals surface area contributed by atoms with E-state index in [4.69, 9.17) is 35.5 Å². The lowest BCUT2D eigenvalue weighted by molar-refractivity contribution is 0.0796.